The predicted octanol–water partition coefficient (Wildman–Crippen LogP) is 3.80. The summed E-state index contributed by atoms with van der Waals surface area (Å²) in [5, 5.41) is 0. The van der Waals surface area contributed by atoms with Gasteiger partial charge in [-0.05, 0) is 33.8 Å². The molecule has 1 aliphatic heterocycles. The van der Waals surface area contributed by atoms with Gasteiger partial charge in [-0.1, -0.05) is 12.2 Å². The van der Waals surface area contributed by atoms with Gasteiger partial charge < -0.3 is 23.7 Å². The number of rotatable bonds is 7. The fourth-order valence-electron chi connectivity index (χ4n) is 2.71. The van der Waals surface area contributed by atoms with E-state index >= 15 is 0 Å². The maximum atomic E-state index is 13.5. The van der Waals surface area contributed by atoms with Crippen LogP contribution < -0.4 is 0 Å². The topological polar surface area (TPSA) is 63.2 Å². The molecular weight excluding hydrogens is 348 g/mol. The molecule has 1 aliphatic carbocycles. The van der Waals surface area contributed by atoms with Crippen molar-refractivity contribution in [1.82, 2.24) is 0 Å². The molecule has 0 bridgehead atoms. The number of carbonyl (C=O) groups excluding carboxylic acids is 1. The van der Waals surface area contributed by atoms with Crippen LogP contribution in [0.2, 0.25) is 0 Å². The molecule has 0 N–H and O–H groups in total. The highest BCUT2D eigenvalue weighted by atomic mass is 16.8. The molecule has 0 spiro atoms. The van der Waals surface area contributed by atoms with Gasteiger partial charge in [0.05, 0.1) is 24.9 Å². The molecule has 6 heteroatoms. The van der Waals surface area contributed by atoms with Gasteiger partial charge in [0.2, 0.25) is 5.79 Å². The van der Waals surface area contributed by atoms with Gasteiger partial charge in [-0.25, -0.2) is 0 Å². The second kappa shape index (κ2) is 6.93. The smallest absolute Gasteiger partial charge is 0.299 e. The first kappa shape index (κ1) is 21.4. The molecule has 150 valence electrons. The Morgan fingerprint density at radius 2 is 1.63 bits per heavy atom. The van der Waals surface area contributed by atoms with Crippen LogP contribution in [0.15, 0.2) is 48.5 Å². The lowest BCUT2D eigenvalue weighted by molar-refractivity contribution is -0.304. The Balaban J connectivity index is 2.74. The zero-order valence-electron chi connectivity index (χ0n) is 17.3. The number of methoxy groups -OCH3 is 1. The molecular formula is C21H30O6. The first-order chi connectivity index (χ1) is 12.3. The molecule has 27 heavy (non-hydrogen) atoms. The quantitative estimate of drug-likeness (QED) is 0.496. The van der Waals surface area contributed by atoms with Crippen molar-refractivity contribution in [3.05, 3.63) is 48.5 Å². The van der Waals surface area contributed by atoms with Crippen LogP contribution in [-0.2, 0) is 28.5 Å². The van der Waals surface area contributed by atoms with Crippen LogP contribution in [0.4, 0.5) is 0 Å². The minimum atomic E-state index is -1.87. The zero-order chi connectivity index (χ0) is 20.7. The van der Waals surface area contributed by atoms with E-state index in [0.29, 0.717) is 5.57 Å². The lowest BCUT2D eigenvalue weighted by Crippen LogP contribution is -2.59. The summed E-state index contributed by atoms with van der Waals surface area (Å²) in [5.41, 5.74) is -1.18. The van der Waals surface area contributed by atoms with Crippen molar-refractivity contribution in [2.75, 3.05) is 13.7 Å². The Bertz CT molecular complexity index is 686. The Morgan fingerprint density at radius 1 is 1.11 bits per heavy atom. The van der Waals surface area contributed by atoms with E-state index in [0.717, 1.165) is 0 Å². The molecule has 1 heterocycles. The Labute approximate surface area is 161 Å². The highest BCUT2D eigenvalue weighted by Gasteiger charge is 2.58. The molecule has 0 aromatic rings. The largest absolute Gasteiger partial charge is 0.493 e. The second-order valence-corrected chi connectivity index (χ2v) is 8.12. The van der Waals surface area contributed by atoms with Crippen LogP contribution in [0.1, 0.15) is 41.5 Å². The number of ether oxygens (including phenoxy) is 5. The summed E-state index contributed by atoms with van der Waals surface area (Å²) < 4.78 is 29.6. The van der Waals surface area contributed by atoms with Gasteiger partial charge in [0.15, 0.2) is 11.5 Å². The maximum Gasteiger partial charge on any atom is 0.299 e. The molecule has 0 saturated heterocycles. The van der Waals surface area contributed by atoms with Gasteiger partial charge in [-0.2, -0.15) is 0 Å². The van der Waals surface area contributed by atoms with Crippen LogP contribution in [0.25, 0.3) is 0 Å². The number of Topliss-reactive ketones (excluding diaryl/α,β-unsaturated/α-hetero) is 1. The molecule has 6 nitrogen and oxygen atoms in total. The highest BCUT2D eigenvalue weighted by molar-refractivity contribution is 6.03. The van der Waals surface area contributed by atoms with Crippen molar-refractivity contribution < 1.29 is 28.5 Å². The molecule has 0 aromatic heterocycles. The summed E-state index contributed by atoms with van der Waals surface area (Å²) in [6.07, 6.45) is 4.79. The van der Waals surface area contributed by atoms with Crippen LogP contribution >= 0.6 is 0 Å². The van der Waals surface area contributed by atoms with Crippen molar-refractivity contribution >= 4 is 5.78 Å². The summed E-state index contributed by atoms with van der Waals surface area (Å²) >= 11 is 0. The standard InChI is InChI=1S/C21H30O6/c1-10-18(3,4)26-21(27-19(5,6)11-2)16(22)15(23-9)12-14-13-24-20(7,8)25-17(14)21/h10-12H,1-2,13H2,3-9H3. The highest BCUT2D eigenvalue weighted by Crippen LogP contribution is 2.45. The third kappa shape index (κ3) is 4.18. The molecule has 0 aromatic carbocycles. The molecule has 0 radical (unpaired) electrons. The summed E-state index contributed by atoms with van der Waals surface area (Å²) in [5.74, 6) is -2.96. The monoisotopic (exact) mass is 378 g/mol. The van der Waals surface area contributed by atoms with E-state index in [2.05, 4.69) is 13.2 Å². The Kier molecular flexibility index (Phi) is 5.49. The molecule has 0 amide bonds. The second-order valence-electron chi connectivity index (χ2n) is 8.12. The lowest BCUT2D eigenvalue weighted by atomic mass is 9.92. The van der Waals surface area contributed by atoms with Gasteiger partial charge in [0.25, 0.3) is 11.6 Å². The van der Waals surface area contributed by atoms with Gasteiger partial charge >= 0.3 is 0 Å². The Morgan fingerprint density at radius 3 is 2.07 bits per heavy atom. The minimum absolute atomic E-state index is 0.0976. The average molecular weight is 378 g/mol. The van der Waals surface area contributed by atoms with E-state index < -0.39 is 28.6 Å². The first-order valence-corrected chi connectivity index (χ1v) is 8.86. The van der Waals surface area contributed by atoms with E-state index in [9.17, 15) is 4.79 Å². The van der Waals surface area contributed by atoms with Crippen LogP contribution in [0, 0.1) is 0 Å². The van der Waals surface area contributed by atoms with E-state index in [1.807, 2.05) is 0 Å². The molecule has 0 unspecified atom stereocenters. The summed E-state index contributed by atoms with van der Waals surface area (Å²) in [6.45, 7) is 18.5. The average Bonchev–Trinajstić information content (AvgIpc) is 2.57. The van der Waals surface area contributed by atoms with Crippen molar-refractivity contribution in [2.24, 2.45) is 0 Å². The molecule has 0 atom stereocenters. The normalized spacial score (nSPS) is 21.7. The number of ketones is 1. The third-order valence-corrected chi connectivity index (χ3v) is 4.36. The Hall–Kier alpha value is -1.89. The van der Waals surface area contributed by atoms with E-state index in [4.69, 9.17) is 23.7 Å². The van der Waals surface area contributed by atoms with E-state index in [-0.39, 0.29) is 18.1 Å². The maximum absolute atomic E-state index is 13.5. The van der Waals surface area contributed by atoms with Crippen molar-refractivity contribution in [3.8, 4) is 0 Å². The fraction of sp³-hybridized carbons (Fsp3) is 0.571. The summed E-state index contributed by atoms with van der Waals surface area (Å²) in [6, 6.07) is 0. The van der Waals surface area contributed by atoms with Gasteiger partial charge in [-0.3, -0.25) is 4.79 Å². The third-order valence-electron chi connectivity index (χ3n) is 4.36. The van der Waals surface area contributed by atoms with Gasteiger partial charge in [0.1, 0.15) is 0 Å². The fourth-order valence-corrected chi connectivity index (χ4v) is 2.71. The summed E-state index contributed by atoms with van der Waals surface area (Å²) in [7, 11) is 1.42. The van der Waals surface area contributed by atoms with Crippen LogP contribution in [0.5, 0.6) is 0 Å². The SMILES string of the molecule is C=CC(C)(C)OC1(OC(C)(C)C=C)C(=O)C(OC)=CC2=C1OC(C)(C)OC2. The lowest BCUT2D eigenvalue weighted by Gasteiger charge is -2.47. The van der Waals surface area contributed by atoms with Crippen molar-refractivity contribution in [1.29, 1.82) is 0 Å². The minimum Gasteiger partial charge on any atom is -0.493 e. The van der Waals surface area contributed by atoms with Gasteiger partial charge in [-0.15, -0.1) is 13.2 Å². The predicted molar refractivity (Wildman–Crippen MR) is 102 cm³/mol. The van der Waals surface area contributed by atoms with Crippen molar-refractivity contribution in [2.45, 2.75) is 64.3 Å². The molecule has 2 aliphatic rings. The van der Waals surface area contributed by atoms with E-state index in [1.54, 1.807) is 59.8 Å². The van der Waals surface area contributed by atoms with Crippen LogP contribution in [0.3, 0.4) is 0 Å². The summed E-state index contributed by atoms with van der Waals surface area (Å²) in [4.78, 5) is 13.5. The van der Waals surface area contributed by atoms with Crippen LogP contribution in [-0.4, -0.2) is 42.3 Å². The molecule has 0 saturated carbocycles. The van der Waals surface area contributed by atoms with Crippen molar-refractivity contribution in [3.63, 3.8) is 0 Å². The van der Waals surface area contributed by atoms with E-state index in [1.165, 1.54) is 7.11 Å². The number of hydrogen-bond acceptors (Lipinski definition) is 6. The number of carbonyl (C=O) groups is 1. The number of hydrogen-bond donors (Lipinski definition) is 0. The molecule has 2 rings (SSSR count). The first-order valence-electron chi connectivity index (χ1n) is 8.86. The van der Waals surface area contributed by atoms with Gasteiger partial charge in [0, 0.05) is 19.4 Å². The molecule has 0 fully saturated rings. The zero-order valence-corrected chi connectivity index (χ0v) is 17.3.